The third kappa shape index (κ3) is 3.76. The Morgan fingerprint density at radius 2 is 2.14 bits per heavy atom. The molecule has 3 fully saturated rings. The molecule has 3 aliphatic heterocycles. The number of aromatic amines is 2. The molecule has 2 aromatic heterocycles. The molecule has 3 atom stereocenters. The van der Waals surface area contributed by atoms with Crippen LogP contribution in [0.25, 0.3) is 0 Å². The normalized spacial score (nSPS) is 29.6. The number of aryl methyl sites for hydroxylation is 1. The molecular formula is C20H27N5O4. The lowest BCUT2D eigenvalue weighted by Crippen LogP contribution is -2.60. The summed E-state index contributed by atoms with van der Waals surface area (Å²) in [6, 6.07) is 1.90. The van der Waals surface area contributed by atoms with Crippen molar-refractivity contribution in [2.45, 2.75) is 62.8 Å². The van der Waals surface area contributed by atoms with Crippen molar-refractivity contribution >= 4 is 5.91 Å². The van der Waals surface area contributed by atoms with Crippen LogP contribution < -0.4 is 5.56 Å². The summed E-state index contributed by atoms with van der Waals surface area (Å²) in [6.45, 7) is 3.40. The monoisotopic (exact) mass is 401 g/mol. The number of aromatic nitrogens is 3. The summed E-state index contributed by atoms with van der Waals surface area (Å²) in [4.78, 5) is 35.9. The molecule has 5 rings (SSSR count). The van der Waals surface area contributed by atoms with Crippen molar-refractivity contribution < 1.29 is 14.1 Å². The molecule has 2 bridgehead atoms. The summed E-state index contributed by atoms with van der Waals surface area (Å²) >= 11 is 0. The Kier molecular flexibility index (Phi) is 4.79. The summed E-state index contributed by atoms with van der Waals surface area (Å²) < 4.78 is 11.4. The Balaban J connectivity index is 1.22. The molecule has 2 N–H and O–H groups in total. The lowest BCUT2D eigenvalue weighted by atomic mass is 9.84. The minimum absolute atomic E-state index is 0.154. The number of nitrogens with one attached hydrogen (secondary N) is 2. The third-order valence-electron chi connectivity index (χ3n) is 6.56. The second kappa shape index (κ2) is 7.46. The zero-order valence-corrected chi connectivity index (χ0v) is 16.4. The van der Waals surface area contributed by atoms with Crippen LogP contribution in [-0.4, -0.2) is 68.2 Å². The number of nitrogens with zero attached hydrogens (tertiary/aromatic N) is 3. The first-order valence-electron chi connectivity index (χ1n) is 10.4. The molecule has 0 radical (unpaired) electrons. The number of hydrogen-bond donors (Lipinski definition) is 2. The summed E-state index contributed by atoms with van der Waals surface area (Å²) in [5.74, 6) is 0.690. The number of morpholine rings is 1. The average molecular weight is 401 g/mol. The molecular weight excluding hydrogens is 374 g/mol. The highest BCUT2D eigenvalue weighted by molar-refractivity contribution is 5.77. The van der Waals surface area contributed by atoms with Crippen LogP contribution in [-0.2, 0) is 22.5 Å². The fourth-order valence-electron chi connectivity index (χ4n) is 5.43. The fourth-order valence-corrected chi connectivity index (χ4v) is 5.43. The molecule has 29 heavy (non-hydrogen) atoms. The van der Waals surface area contributed by atoms with Gasteiger partial charge in [0, 0.05) is 62.5 Å². The van der Waals surface area contributed by atoms with E-state index in [0.717, 1.165) is 57.6 Å². The fraction of sp³-hybridized carbons (Fsp3) is 0.650. The molecule has 3 saturated heterocycles. The Labute approximate surface area is 168 Å². The van der Waals surface area contributed by atoms with Gasteiger partial charge in [-0.2, -0.15) is 5.16 Å². The number of imidazole rings is 1. The largest absolute Gasteiger partial charge is 0.384 e. The van der Waals surface area contributed by atoms with E-state index in [1.54, 1.807) is 6.33 Å². The maximum Gasteiger partial charge on any atom is 0.280 e. The zero-order valence-electron chi connectivity index (χ0n) is 16.4. The van der Waals surface area contributed by atoms with Gasteiger partial charge in [-0.1, -0.05) is 0 Å². The molecule has 1 unspecified atom stereocenters. The maximum absolute atomic E-state index is 12.9. The molecule has 9 nitrogen and oxygen atoms in total. The molecule has 9 heteroatoms. The van der Waals surface area contributed by atoms with Crippen LogP contribution in [0.15, 0.2) is 27.9 Å². The Morgan fingerprint density at radius 1 is 1.31 bits per heavy atom. The van der Waals surface area contributed by atoms with Crippen LogP contribution in [0, 0.1) is 0 Å². The summed E-state index contributed by atoms with van der Waals surface area (Å²) in [5, 5.41) is 2.28. The first kappa shape index (κ1) is 18.6. The number of piperidine rings is 1. The predicted molar refractivity (Wildman–Crippen MR) is 103 cm³/mol. The molecule has 0 aromatic carbocycles. The van der Waals surface area contributed by atoms with Crippen molar-refractivity contribution in [1.29, 1.82) is 0 Å². The van der Waals surface area contributed by atoms with Gasteiger partial charge in [0.2, 0.25) is 5.91 Å². The molecule has 5 heterocycles. The van der Waals surface area contributed by atoms with Gasteiger partial charge in [-0.25, -0.2) is 4.98 Å². The van der Waals surface area contributed by atoms with Crippen molar-refractivity contribution in [3.05, 3.63) is 40.4 Å². The molecule has 0 saturated carbocycles. The van der Waals surface area contributed by atoms with Crippen molar-refractivity contribution in [2.24, 2.45) is 0 Å². The molecule has 156 valence electrons. The number of fused-ring (bicyclic) bond motifs is 2. The lowest BCUT2D eigenvalue weighted by Gasteiger charge is -2.50. The third-order valence-corrected chi connectivity index (χ3v) is 6.56. The van der Waals surface area contributed by atoms with Crippen LogP contribution in [0.4, 0.5) is 0 Å². The molecule has 1 spiro atoms. The van der Waals surface area contributed by atoms with Crippen molar-refractivity contribution in [3.63, 3.8) is 0 Å². The minimum atomic E-state index is -0.262. The second-order valence-corrected chi connectivity index (χ2v) is 8.59. The number of carbonyl (C=O) groups is 1. The van der Waals surface area contributed by atoms with Gasteiger partial charge in [0.05, 0.1) is 18.5 Å². The highest BCUT2D eigenvalue weighted by atomic mass is 16.5. The quantitative estimate of drug-likeness (QED) is 0.775. The van der Waals surface area contributed by atoms with E-state index in [-0.39, 0.29) is 29.2 Å². The van der Waals surface area contributed by atoms with Gasteiger partial charge in [-0.3, -0.25) is 14.5 Å². The molecule has 0 aliphatic carbocycles. The number of carbonyl (C=O) groups excluding carboxylic acids is 1. The van der Waals surface area contributed by atoms with Gasteiger partial charge in [0.15, 0.2) is 0 Å². The van der Waals surface area contributed by atoms with Gasteiger partial charge < -0.3 is 19.1 Å². The number of H-pyrrole nitrogens is 2. The first-order valence-corrected chi connectivity index (χ1v) is 10.4. The topological polar surface area (TPSA) is 107 Å². The van der Waals surface area contributed by atoms with E-state index in [1.165, 1.54) is 6.07 Å². The molecule has 1 amide bonds. The van der Waals surface area contributed by atoms with E-state index in [4.69, 9.17) is 9.26 Å². The number of ether oxygens (including phenoxy) is 1. The number of rotatable bonds is 5. The Morgan fingerprint density at radius 3 is 2.83 bits per heavy atom. The van der Waals surface area contributed by atoms with Gasteiger partial charge in [0.1, 0.15) is 5.76 Å². The molecule has 2 aromatic rings. The van der Waals surface area contributed by atoms with Crippen LogP contribution in [0.3, 0.4) is 0 Å². The predicted octanol–water partition coefficient (Wildman–Crippen LogP) is 1.05. The van der Waals surface area contributed by atoms with E-state index in [1.807, 2.05) is 6.20 Å². The Hall–Kier alpha value is -2.39. The first-order chi connectivity index (χ1) is 14.1. The minimum Gasteiger partial charge on any atom is -0.384 e. The summed E-state index contributed by atoms with van der Waals surface area (Å²) in [5.41, 5.74) is 0.699. The second-order valence-electron chi connectivity index (χ2n) is 8.59. The number of amides is 1. The van der Waals surface area contributed by atoms with E-state index >= 15 is 0 Å². The smallest absolute Gasteiger partial charge is 0.280 e. The van der Waals surface area contributed by atoms with Crippen molar-refractivity contribution in [2.75, 3.05) is 19.7 Å². The average Bonchev–Trinajstić information content (AvgIpc) is 3.41. The van der Waals surface area contributed by atoms with Gasteiger partial charge in [-0.05, 0) is 25.7 Å². The number of hydrogen-bond acceptors (Lipinski definition) is 6. The lowest BCUT2D eigenvalue weighted by molar-refractivity contribution is -0.163. The summed E-state index contributed by atoms with van der Waals surface area (Å²) in [7, 11) is 0. The van der Waals surface area contributed by atoms with Crippen molar-refractivity contribution in [3.8, 4) is 0 Å². The van der Waals surface area contributed by atoms with Crippen molar-refractivity contribution in [1.82, 2.24) is 24.9 Å². The van der Waals surface area contributed by atoms with Crippen LogP contribution >= 0.6 is 0 Å². The maximum atomic E-state index is 12.9. The molecule has 3 aliphatic rings. The van der Waals surface area contributed by atoms with Crippen LogP contribution in [0.1, 0.15) is 43.6 Å². The highest BCUT2D eigenvalue weighted by Gasteiger charge is 2.51. The van der Waals surface area contributed by atoms with Crippen LogP contribution in [0.5, 0.6) is 0 Å². The standard InChI is InChI=1S/C20H27N5O4/c26-18-7-17(29-23-18)3-4-19(27)25-15-1-2-16(25)9-20(8-15)12-24(5-6-28-20)11-14-10-21-13-22-14/h7,10,13,15-16H,1-6,8-9,11-12H2,(H,21,22)(H,23,26)/t15-,16+,20?. The van der Waals surface area contributed by atoms with E-state index in [9.17, 15) is 9.59 Å². The van der Waals surface area contributed by atoms with E-state index in [2.05, 4.69) is 24.9 Å². The van der Waals surface area contributed by atoms with E-state index < -0.39 is 0 Å². The van der Waals surface area contributed by atoms with Crippen LogP contribution in [0.2, 0.25) is 0 Å². The SMILES string of the molecule is O=C(CCc1cc(=O)[nH]o1)N1[C@@H]2CC[C@H]1CC1(C2)CN(Cc2cnc[nH]2)CCO1. The van der Waals surface area contributed by atoms with Gasteiger partial charge in [-0.15, -0.1) is 0 Å². The Bertz CT molecular complexity index is 890. The van der Waals surface area contributed by atoms with Gasteiger partial charge >= 0.3 is 0 Å². The highest BCUT2D eigenvalue weighted by Crippen LogP contribution is 2.44. The summed E-state index contributed by atoms with van der Waals surface area (Å²) in [6.07, 6.45) is 8.29. The zero-order chi connectivity index (χ0) is 19.8. The van der Waals surface area contributed by atoms with Gasteiger partial charge in [0.25, 0.3) is 5.56 Å². The van der Waals surface area contributed by atoms with E-state index in [0.29, 0.717) is 18.6 Å².